The van der Waals surface area contributed by atoms with Gasteiger partial charge < -0.3 is 9.80 Å². The average Bonchev–Trinajstić information content (AvgIpc) is 3.20. The smallest absolute Gasteiger partial charge is 0.0457 e. The van der Waals surface area contributed by atoms with Gasteiger partial charge in [0.15, 0.2) is 0 Å². The van der Waals surface area contributed by atoms with E-state index in [4.69, 9.17) is 0 Å². The number of fused-ring (bicyclic) bond motifs is 2. The van der Waals surface area contributed by atoms with Gasteiger partial charge in [-0.25, -0.2) is 0 Å². The molecule has 2 nitrogen and oxygen atoms in total. The topological polar surface area (TPSA) is 6.48 Å². The third-order valence-corrected chi connectivity index (χ3v) is 6.03. The zero-order valence-corrected chi connectivity index (χ0v) is 14.7. The van der Waals surface area contributed by atoms with Crippen molar-refractivity contribution in [2.24, 2.45) is 5.92 Å². The zero-order valence-electron chi connectivity index (χ0n) is 14.7. The van der Waals surface area contributed by atoms with Gasteiger partial charge in [0.05, 0.1) is 0 Å². The molecular weight excluding hydrogens is 304 g/mol. The SMILES string of the molecule is CN1C[C@H]2CCN(c3ccc(-c4cccc5ccccc45)cc3)[C@H]2C1. The van der Waals surface area contributed by atoms with E-state index in [9.17, 15) is 0 Å². The zero-order chi connectivity index (χ0) is 16.8. The third kappa shape index (κ3) is 2.52. The molecule has 2 saturated heterocycles. The normalized spacial score (nSPS) is 23.3. The molecule has 2 heteroatoms. The van der Waals surface area contributed by atoms with Crippen molar-refractivity contribution >= 4 is 16.5 Å². The van der Waals surface area contributed by atoms with Crippen molar-refractivity contribution in [2.45, 2.75) is 12.5 Å². The molecule has 2 fully saturated rings. The standard InChI is InChI=1S/C23H24N2/c1-24-15-19-13-14-25(23(19)16-24)20-11-9-18(10-12-20)22-8-4-6-17-5-2-3-7-21(17)22/h2-12,19,23H,13-16H2,1H3/t19-,23+/m1/s1. The molecule has 0 amide bonds. The Hall–Kier alpha value is -2.32. The second kappa shape index (κ2) is 5.89. The first-order chi connectivity index (χ1) is 12.3. The Balaban J connectivity index is 1.47. The summed E-state index contributed by atoms with van der Waals surface area (Å²) < 4.78 is 0. The Labute approximate surface area is 149 Å². The minimum atomic E-state index is 0.702. The fourth-order valence-corrected chi connectivity index (χ4v) is 4.80. The molecule has 0 bridgehead atoms. The van der Waals surface area contributed by atoms with E-state index in [1.807, 2.05) is 0 Å². The highest BCUT2D eigenvalue weighted by molar-refractivity contribution is 5.96. The lowest BCUT2D eigenvalue weighted by atomic mass is 9.98. The van der Waals surface area contributed by atoms with Crippen LogP contribution in [0.1, 0.15) is 6.42 Å². The van der Waals surface area contributed by atoms with Gasteiger partial charge >= 0.3 is 0 Å². The monoisotopic (exact) mass is 328 g/mol. The summed E-state index contributed by atoms with van der Waals surface area (Å²) in [5.41, 5.74) is 4.01. The molecule has 5 rings (SSSR count). The molecule has 25 heavy (non-hydrogen) atoms. The van der Waals surface area contributed by atoms with E-state index < -0.39 is 0 Å². The van der Waals surface area contributed by atoms with E-state index in [0.717, 1.165) is 5.92 Å². The summed E-state index contributed by atoms with van der Waals surface area (Å²) in [5.74, 6) is 0.850. The quantitative estimate of drug-likeness (QED) is 0.676. The first-order valence-electron chi connectivity index (χ1n) is 9.33. The van der Waals surface area contributed by atoms with Crippen LogP contribution in [0, 0.1) is 5.92 Å². The summed E-state index contributed by atoms with van der Waals surface area (Å²) in [7, 11) is 2.25. The average molecular weight is 328 g/mol. The van der Waals surface area contributed by atoms with Crippen LogP contribution in [0.15, 0.2) is 66.7 Å². The lowest BCUT2D eigenvalue weighted by Gasteiger charge is -2.26. The largest absolute Gasteiger partial charge is 0.367 e. The van der Waals surface area contributed by atoms with Gasteiger partial charge in [0.25, 0.3) is 0 Å². The Kier molecular flexibility index (Phi) is 3.53. The van der Waals surface area contributed by atoms with Crippen LogP contribution in [0.2, 0.25) is 0 Å². The lowest BCUT2D eigenvalue weighted by Crippen LogP contribution is -2.34. The van der Waals surface area contributed by atoms with Crippen LogP contribution < -0.4 is 4.90 Å². The van der Waals surface area contributed by atoms with Crippen LogP contribution in [0.3, 0.4) is 0 Å². The Morgan fingerprint density at radius 1 is 0.840 bits per heavy atom. The Morgan fingerprint density at radius 3 is 2.52 bits per heavy atom. The van der Waals surface area contributed by atoms with Crippen LogP contribution in [0.4, 0.5) is 5.69 Å². The highest BCUT2D eigenvalue weighted by atomic mass is 15.3. The Bertz CT molecular complexity index is 894. The van der Waals surface area contributed by atoms with Crippen LogP contribution in [0.25, 0.3) is 21.9 Å². The summed E-state index contributed by atoms with van der Waals surface area (Å²) in [4.78, 5) is 5.10. The van der Waals surface area contributed by atoms with Crippen LogP contribution in [0.5, 0.6) is 0 Å². The van der Waals surface area contributed by atoms with Gasteiger partial charge in [-0.3, -0.25) is 0 Å². The molecule has 0 unspecified atom stereocenters. The minimum Gasteiger partial charge on any atom is -0.367 e. The molecule has 2 aliphatic heterocycles. The van der Waals surface area contributed by atoms with Crippen molar-refractivity contribution in [3.63, 3.8) is 0 Å². The summed E-state index contributed by atoms with van der Waals surface area (Å²) in [6.45, 7) is 3.67. The molecule has 0 aliphatic carbocycles. The van der Waals surface area contributed by atoms with Crippen LogP contribution in [-0.2, 0) is 0 Å². The van der Waals surface area contributed by atoms with Gasteiger partial charge in [-0.2, -0.15) is 0 Å². The van der Waals surface area contributed by atoms with E-state index in [1.165, 1.54) is 53.6 Å². The lowest BCUT2D eigenvalue weighted by molar-refractivity contribution is 0.386. The number of hydrogen-bond donors (Lipinski definition) is 0. The molecule has 0 spiro atoms. The summed E-state index contributed by atoms with van der Waals surface area (Å²) in [6.07, 6.45) is 1.33. The fourth-order valence-electron chi connectivity index (χ4n) is 4.80. The van der Waals surface area contributed by atoms with Crippen molar-refractivity contribution in [2.75, 3.05) is 31.6 Å². The molecule has 126 valence electrons. The molecule has 0 N–H and O–H groups in total. The van der Waals surface area contributed by atoms with Gasteiger partial charge in [-0.1, -0.05) is 54.6 Å². The first kappa shape index (κ1) is 15.0. The number of hydrogen-bond acceptors (Lipinski definition) is 2. The second-order valence-electron chi connectivity index (χ2n) is 7.60. The van der Waals surface area contributed by atoms with E-state index in [1.54, 1.807) is 0 Å². The predicted molar refractivity (Wildman–Crippen MR) is 106 cm³/mol. The minimum absolute atomic E-state index is 0.702. The van der Waals surface area contributed by atoms with E-state index in [0.29, 0.717) is 6.04 Å². The summed E-state index contributed by atoms with van der Waals surface area (Å²) in [6, 6.07) is 25.1. The first-order valence-corrected chi connectivity index (χ1v) is 9.33. The number of likely N-dealkylation sites (tertiary alicyclic amines) is 1. The van der Waals surface area contributed by atoms with Gasteiger partial charge in [-0.15, -0.1) is 0 Å². The number of benzene rings is 3. The number of anilines is 1. The van der Waals surface area contributed by atoms with Crippen molar-refractivity contribution in [3.8, 4) is 11.1 Å². The van der Waals surface area contributed by atoms with Gasteiger partial charge in [0.1, 0.15) is 0 Å². The molecule has 3 aromatic carbocycles. The molecule has 2 atom stereocenters. The maximum absolute atomic E-state index is 2.63. The Morgan fingerprint density at radius 2 is 1.64 bits per heavy atom. The van der Waals surface area contributed by atoms with Crippen LogP contribution in [-0.4, -0.2) is 37.6 Å². The molecule has 0 radical (unpaired) electrons. The number of rotatable bonds is 2. The van der Waals surface area contributed by atoms with E-state index in [-0.39, 0.29) is 0 Å². The maximum atomic E-state index is 2.63. The van der Waals surface area contributed by atoms with E-state index in [2.05, 4.69) is 83.6 Å². The highest BCUT2D eigenvalue weighted by Gasteiger charge is 2.39. The summed E-state index contributed by atoms with van der Waals surface area (Å²) >= 11 is 0. The van der Waals surface area contributed by atoms with Crippen molar-refractivity contribution in [1.82, 2.24) is 4.90 Å². The van der Waals surface area contributed by atoms with E-state index >= 15 is 0 Å². The molecule has 2 heterocycles. The molecule has 3 aromatic rings. The maximum Gasteiger partial charge on any atom is 0.0457 e. The second-order valence-corrected chi connectivity index (χ2v) is 7.60. The number of likely N-dealkylation sites (N-methyl/N-ethyl adjacent to an activating group) is 1. The third-order valence-electron chi connectivity index (χ3n) is 6.03. The molecule has 0 aromatic heterocycles. The van der Waals surface area contributed by atoms with Gasteiger partial charge in [0, 0.05) is 31.4 Å². The fraction of sp³-hybridized carbons (Fsp3) is 0.304. The molecule has 0 saturated carbocycles. The summed E-state index contributed by atoms with van der Waals surface area (Å²) in [5, 5.41) is 2.64. The van der Waals surface area contributed by atoms with Gasteiger partial charge in [0.2, 0.25) is 0 Å². The molecular formula is C23H24N2. The van der Waals surface area contributed by atoms with Crippen molar-refractivity contribution in [1.29, 1.82) is 0 Å². The number of nitrogens with zero attached hydrogens (tertiary/aromatic N) is 2. The van der Waals surface area contributed by atoms with Crippen LogP contribution >= 0.6 is 0 Å². The van der Waals surface area contributed by atoms with Crippen molar-refractivity contribution < 1.29 is 0 Å². The molecule has 2 aliphatic rings. The predicted octanol–water partition coefficient (Wildman–Crippen LogP) is 4.65. The highest BCUT2D eigenvalue weighted by Crippen LogP contribution is 2.36. The van der Waals surface area contributed by atoms with Crippen molar-refractivity contribution in [3.05, 3.63) is 66.7 Å². The van der Waals surface area contributed by atoms with Gasteiger partial charge in [-0.05, 0) is 53.4 Å².